The summed E-state index contributed by atoms with van der Waals surface area (Å²) in [6, 6.07) is 5.26. The molecule has 2 aromatic rings. The monoisotopic (exact) mass is 261 g/mol. The Morgan fingerprint density at radius 3 is 2.58 bits per heavy atom. The van der Waals surface area contributed by atoms with Gasteiger partial charge in [0.2, 0.25) is 0 Å². The van der Waals surface area contributed by atoms with Crippen LogP contribution in [0.25, 0.3) is 0 Å². The Morgan fingerprint density at radius 1 is 1.21 bits per heavy atom. The van der Waals surface area contributed by atoms with E-state index in [-0.39, 0.29) is 18.0 Å². The van der Waals surface area contributed by atoms with Gasteiger partial charge in [0, 0.05) is 37.2 Å². The molecule has 0 aliphatic carbocycles. The second-order valence-corrected chi connectivity index (χ2v) is 4.14. The number of aromatic nitrogens is 2. The number of halogens is 1. The third-order valence-corrected chi connectivity index (χ3v) is 2.93. The summed E-state index contributed by atoms with van der Waals surface area (Å²) >= 11 is 0. The molecule has 1 N–H and O–H groups in total. The first kappa shape index (κ1) is 13.4. The molecule has 0 saturated carbocycles. The van der Waals surface area contributed by atoms with Crippen LogP contribution < -0.4 is 4.90 Å². The Bertz CT molecular complexity index is 533. The average Bonchev–Trinajstić information content (AvgIpc) is 2.46. The number of nitrogens with zero attached hydrogens (tertiary/aromatic N) is 3. The molecule has 0 spiro atoms. The molecule has 0 radical (unpaired) electrons. The van der Waals surface area contributed by atoms with Gasteiger partial charge in [-0.25, -0.2) is 9.37 Å². The van der Waals surface area contributed by atoms with Crippen molar-refractivity contribution in [3.8, 4) is 0 Å². The van der Waals surface area contributed by atoms with Gasteiger partial charge < -0.3 is 10.0 Å². The molecule has 5 heteroatoms. The highest BCUT2D eigenvalue weighted by Crippen LogP contribution is 2.21. The number of aliphatic hydroxyl groups is 1. The van der Waals surface area contributed by atoms with Gasteiger partial charge in [0.25, 0.3) is 0 Å². The van der Waals surface area contributed by atoms with Gasteiger partial charge in [-0.2, -0.15) is 0 Å². The number of anilines is 1. The lowest BCUT2D eigenvalue weighted by Gasteiger charge is -2.23. The van der Waals surface area contributed by atoms with Crippen LogP contribution in [0.4, 0.5) is 10.2 Å². The van der Waals surface area contributed by atoms with Gasteiger partial charge >= 0.3 is 0 Å². The number of pyridine rings is 2. The number of aliphatic hydroxyl groups excluding tert-OH is 1. The molecular formula is C14H16FN3O. The fraction of sp³-hybridized carbons (Fsp3) is 0.286. The van der Waals surface area contributed by atoms with E-state index < -0.39 is 5.82 Å². The lowest BCUT2D eigenvalue weighted by molar-refractivity contribution is 0.275. The highest BCUT2D eigenvalue weighted by Gasteiger charge is 2.15. The molecule has 0 amide bonds. The van der Waals surface area contributed by atoms with Crippen molar-refractivity contribution >= 4 is 5.82 Å². The summed E-state index contributed by atoms with van der Waals surface area (Å²) in [5, 5.41) is 9.09. The summed E-state index contributed by atoms with van der Waals surface area (Å²) in [6.45, 7) is 2.79. The predicted octanol–water partition coefficient (Wildman–Crippen LogP) is 2.13. The van der Waals surface area contributed by atoms with Crippen molar-refractivity contribution < 1.29 is 9.50 Å². The SMILES string of the molecule is CCN(Cc1ccncc1)c1nccc(CO)c1F. The molecule has 2 heterocycles. The Hall–Kier alpha value is -2.01. The van der Waals surface area contributed by atoms with Crippen LogP contribution in [-0.2, 0) is 13.2 Å². The predicted molar refractivity (Wildman–Crippen MR) is 71.1 cm³/mol. The highest BCUT2D eigenvalue weighted by molar-refractivity contribution is 5.43. The molecule has 0 saturated heterocycles. The van der Waals surface area contributed by atoms with E-state index in [0.717, 1.165) is 5.56 Å². The Morgan fingerprint density at radius 2 is 1.95 bits per heavy atom. The van der Waals surface area contributed by atoms with Crippen LogP contribution in [0, 0.1) is 5.82 Å². The van der Waals surface area contributed by atoms with Gasteiger partial charge in [-0.15, -0.1) is 0 Å². The maximum Gasteiger partial charge on any atom is 0.171 e. The first-order chi connectivity index (χ1) is 9.26. The van der Waals surface area contributed by atoms with Crippen molar-refractivity contribution in [1.82, 2.24) is 9.97 Å². The molecule has 4 nitrogen and oxygen atoms in total. The zero-order valence-corrected chi connectivity index (χ0v) is 10.8. The van der Waals surface area contributed by atoms with Gasteiger partial charge in [0.15, 0.2) is 11.6 Å². The van der Waals surface area contributed by atoms with E-state index >= 15 is 0 Å². The molecule has 2 aromatic heterocycles. The Balaban J connectivity index is 2.27. The van der Waals surface area contributed by atoms with Gasteiger partial charge in [-0.05, 0) is 30.7 Å². The van der Waals surface area contributed by atoms with Crippen molar-refractivity contribution in [3.63, 3.8) is 0 Å². The third-order valence-electron chi connectivity index (χ3n) is 2.93. The van der Waals surface area contributed by atoms with Crippen molar-refractivity contribution in [3.05, 3.63) is 53.7 Å². The van der Waals surface area contributed by atoms with Gasteiger partial charge in [0.05, 0.1) is 6.61 Å². The summed E-state index contributed by atoms with van der Waals surface area (Å²) < 4.78 is 14.1. The molecule has 0 aliphatic rings. The van der Waals surface area contributed by atoms with Crippen molar-refractivity contribution in [2.45, 2.75) is 20.1 Å². The second kappa shape index (κ2) is 6.24. The highest BCUT2D eigenvalue weighted by atomic mass is 19.1. The van der Waals surface area contributed by atoms with Crippen molar-refractivity contribution in [2.75, 3.05) is 11.4 Å². The minimum absolute atomic E-state index is 0.262. The van der Waals surface area contributed by atoms with E-state index in [9.17, 15) is 4.39 Å². The number of hydrogen-bond donors (Lipinski definition) is 1. The molecule has 0 aromatic carbocycles. The quantitative estimate of drug-likeness (QED) is 0.895. The molecule has 0 unspecified atom stereocenters. The Labute approximate surface area is 111 Å². The zero-order chi connectivity index (χ0) is 13.7. The van der Waals surface area contributed by atoms with Crippen LogP contribution in [0.15, 0.2) is 36.8 Å². The van der Waals surface area contributed by atoms with Gasteiger partial charge in [-0.3, -0.25) is 4.98 Å². The van der Waals surface area contributed by atoms with E-state index in [1.54, 1.807) is 12.4 Å². The Kier molecular flexibility index (Phi) is 4.41. The molecule has 0 fully saturated rings. The lowest BCUT2D eigenvalue weighted by atomic mass is 10.2. The summed E-state index contributed by atoms with van der Waals surface area (Å²) in [7, 11) is 0. The van der Waals surface area contributed by atoms with Crippen LogP contribution in [0.1, 0.15) is 18.1 Å². The maximum atomic E-state index is 14.1. The second-order valence-electron chi connectivity index (χ2n) is 4.14. The summed E-state index contributed by atoms with van der Waals surface area (Å²) in [5.41, 5.74) is 1.30. The van der Waals surface area contributed by atoms with Crippen molar-refractivity contribution in [2.24, 2.45) is 0 Å². The minimum Gasteiger partial charge on any atom is -0.392 e. The zero-order valence-electron chi connectivity index (χ0n) is 10.8. The summed E-state index contributed by atoms with van der Waals surface area (Å²) in [4.78, 5) is 9.86. The molecule has 0 bridgehead atoms. The maximum absolute atomic E-state index is 14.1. The van der Waals surface area contributed by atoms with Gasteiger partial charge in [-0.1, -0.05) is 0 Å². The summed E-state index contributed by atoms with van der Waals surface area (Å²) in [6.07, 6.45) is 4.92. The van der Waals surface area contributed by atoms with E-state index in [1.165, 1.54) is 12.3 Å². The fourth-order valence-corrected chi connectivity index (χ4v) is 1.86. The van der Waals surface area contributed by atoms with E-state index in [1.807, 2.05) is 24.0 Å². The molecule has 0 atom stereocenters. The normalized spacial score (nSPS) is 10.5. The van der Waals surface area contributed by atoms with E-state index in [4.69, 9.17) is 5.11 Å². The largest absolute Gasteiger partial charge is 0.392 e. The molecule has 100 valence electrons. The lowest BCUT2D eigenvalue weighted by Crippen LogP contribution is -2.24. The van der Waals surface area contributed by atoms with E-state index in [0.29, 0.717) is 13.1 Å². The van der Waals surface area contributed by atoms with Crippen LogP contribution in [0.3, 0.4) is 0 Å². The van der Waals surface area contributed by atoms with Crippen LogP contribution >= 0.6 is 0 Å². The molecule has 2 rings (SSSR count). The number of hydrogen-bond acceptors (Lipinski definition) is 4. The average molecular weight is 261 g/mol. The topological polar surface area (TPSA) is 49.2 Å². The first-order valence-electron chi connectivity index (χ1n) is 6.14. The molecular weight excluding hydrogens is 245 g/mol. The van der Waals surface area contributed by atoms with Crippen LogP contribution in [0.2, 0.25) is 0 Å². The smallest absolute Gasteiger partial charge is 0.171 e. The molecule has 0 aliphatic heterocycles. The standard InChI is InChI=1S/C14H16FN3O/c1-2-18(9-11-3-6-16-7-4-11)14-13(15)12(10-19)5-8-17-14/h3-8,19H,2,9-10H2,1H3. The fourth-order valence-electron chi connectivity index (χ4n) is 1.86. The minimum atomic E-state index is -0.457. The van der Waals surface area contributed by atoms with Gasteiger partial charge in [0.1, 0.15) is 0 Å². The summed E-state index contributed by atoms with van der Waals surface area (Å²) in [5.74, 6) is -0.188. The molecule has 19 heavy (non-hydrogen) atoms. The van der Waals surface area contributed by atoms with Crippen LogP contribution in [0.5, 0.6) is 0 Å². The first-order valence-corrected chi connectivity index (χ1v) is 6.14. The van der Waals surface area contributed by atoms with Crippen molar-refractivity contribution in [1.29, 1.82) is 0 Å². The number of rotatable bonds is 5. The third kappa shape index (κ3) is 3.06. The van der Waals surface area contributed by atoms with E-state index in [2.05, 4.69) is 9.97 Å². The van der Waals surface area contributed by atoms with Crippen LogP contribution in [-0.4, -0.2) is 21.6 Å².